The number of nitrogens with one attached hydrogen (secondary N) is 1. The van der Waals surface area contributed by atoms with Crippen LogP contribution in [-0.2, 0) is 26.2 Å². The molecule has 1 aliphatic carbocycles. The lowest BCUT2D eigenvalue weighted by Crippen LogP contribution is -2.38. The molecule has 214 valence electrons. The summed E-state index contributed by atoms with van der Waals surface area (Å²) in [5.74, 6) is 1.32. The maximum Gasteiger partial charge on any atom is 0.416 e. The second-order valence-corrected chi connectivity index (χ2v) is 11.3. The molecule has 0 bridgehead atoms. The molecule has 1 aliphatic heterocycles. The van der Waals surface area contributed by atoms with Crippen LogP contribution in [0.2, 0.25) is 0 Å². The number of pyridine rings is 1. The first-order chi connectivity index (χ1) is 19.8. The van der Waals surface area contributed by atoms with Gasteiger partial charge in [-0.1, -0.05) is 24.3 Å². The fourth-order valence-corrected chi connectivity index (χ4v) is 6.36. The zero-order chi connectivity index (χ0) is 28.6. The molecule has 0 spiro atoms. The predicted molar refractivity (Wildman–Crippen MR) is 152 cm³/mol. The summed E-state index contributed by atoms with van der Waals surface area (Å²) >= 11 is 0. The first kappa shape index (κ1) is 27.4. The van der Waals surface area contributed by atoms with Crippen LogP contribution in [0.15, 0.2) is 60.8 Å². The van der Waals surface area contributed by atoms with E-state index in [0.717, 1.165) is 92.6 Å². The molecule has 0 radical (unpaired) electrons. The maximum atomic E-state index is 13.0. The number of hydrogen-bond acceptors (Lipinski definition) is 4. The van der Waals surface area contributed by atoms with Gasteiger partial charge in [0.2, 0.25) is 0 Å². The van der Waals surface area contributed by atoms with E-state index >= 15 is 0 Å². The Kier molecular flexibility index (Phi) is 7.55. The van der Waals surface area contributed by atoms with Crippen molar-refractivity contribution in [1.82, 2.24) is 24.8 Å². The van der Waals surface area contributed by atoms with Crippen LogP contribution in [0.3, 0.4) is 0 Å². The van der Waals surface area contributed by atoms with Crippen molar-refractivity contribution in [1.29, 1.82) is 0 Å². The lowest BCUT2D eigenvalue weighted by molar-refractivity contribution is -0.137. The molecule has 2 aromatic carbocycles. The van der Waals surface area contributed by atoms with E-state index in [4.69, 9.17) is 4.98 Å². The number of carbonyl (C=O) groups excluding carboxylic acids is 1. The van der Waals surface area contributed by atoms with Crippen molar-refractivity contribution in [3.63, 3.8) is 0 Å². The summed E-state index contributed by atoms with van der Waals surface area (Å²) in [6, 6.07) is 14.9. The Bertz CT molecular complexity index is 1530. The number of nitrogens with zero attached hydrogens (tertiary/aromatic N) is 4. The van der Waals surface area contributed by atoms with Crippen LogP contribution in [0.5, 0.6) is 0 Å². The third-order valence-electron chi connectivity index (χ3n) is 8.73. The standard InChI is InChI=1S/C32H34F3N5O/c1-39-29-16-19-40(20-28(29)38-30(39)22-9-11-23(12-10-22)32(33,34)35)18-15-21-7-13-24(14-8-21)37-31(41)26-4-2-6-27-25(26)5-3-17-36-27/h2-6,9-12,17,21,24H,7-8,13-16,18-20H2,1H3,(H,37,41)/t21-,24-. The van der Waals surface area contributed by atoms with Crippen LogP contribution in [-0.4, -0.2) is 44.5 Å². The molecule has 1 saturated carbocycles. The first-order valence-corrected chi connectivity index (χ1v) is 14.4. The van der Waals surface area contributed by atoms with Crippen molar-refractivity contribution in [3.8, 4) is 11.4 Å². The summed E-state index contributed by atoms with van der Waals surface area (Å²) in [4.78, 5) is 24.6. The number of rotatable bonds is 6. The molecule has 3 heterocycles. The molecule has 0 unspecified atom stereocenters. The van der Waals surface area contributed by atoms with Crippen molar-refractivity contribution < 1.29 is 18.0 Å². The van der Waals surface area contributed by atoms with Crippen LogP contribution < -0.4 is 5.32 Å². The van der Waals surface area contributed by atoms with Crippen molar-refractivity contribution >= 4 is 16.8 Å². The minimum absolute atomic E-state index is 0.0257. The molecule has 0 atom stereocenters. The van der Waals surface area contributed by atoms with Gasteiger partial charge in [0.1, 0.15) is 5.82 Å². The van der Waals surface area contributed by atoms with E-state index in [2.05, 4.69) is 15.2 Å². The Morgan fingerprint density at radius 2 is 1.80 bits per heavy atom. The van der Waals surface area contributed by atoms with E-state index in [1.807, 2.05) is 41.9 Å². The lowest BCUT2D eigenvalue weighted by atomic mass is 9.84. The highest BCUT2D eigenvalue weighted by Gasteiger charge is 2.31. The van der Waals surface area contributed by atoms with Gasteiger partial charge in [0.25, 0.3) is 5.91 Å². The molecule has 0 saturated heterocycles. The predicted octanol–water partition coefficient (Wildman–Crippen LogP) is 6.39. The number of aromatic nitrogens is 3. The summed E-state index contributed by atoms with van der Waals surface area (Å²) in [7, 11) is 1.95. The van der Waals surface area contributed by atoms with Gasteiger partial charge < -0.3 is 9.88 Å². The molecule has 1 amide bonds. The average molecular weight is 562 g/mol. The number of carbonyl (C=O) groups is 1. The van der Waals surface area contributed by atoms with E-state index < -0.39 is 11.7 Å². The summed E-state index contributed by atoms with van der Waals surface area (Å²) in [6.07, 6.45) is 3.56. The van der Waals surface area contributed by atoms with E-state index in [9.17, 15) is 18.0 Å². The Balaban J connectivity index is 0.998. The Labute approximate surface area is 237 Å². The van der Waals surface area contributed by atoms with Crippen molar-refractivity contribution in [2.45, 2.75) is 57.3 Å². The van der Waals surface area contributed by atoms with E-state index in [1.54, 1.807) is 6.20 Å². The molecule has 1 fully saturated rings. The number of imidazole rings is 1. The van der Waals surface area contributed by atoms with Gasteiger partial charge in [0, 0.05) is 61.0 Å². The van der Waals surface area contributed by atoms with Crippen LogP contribution in [0.1, 0.15) is 59.4 Å². The molecular weight excluding hydrogens is 527 g/mol. The molecule has 6 nitrogen and oxygen atoms in total. The molecule has 41 heavy (non-hydrogen) atoms. The third kappa shape index (κ3) is 5.86. The van der Waals surface area contributed by atoms with Crippen LogP contribution in [0.4, 0.5) is 13.2 Å². The fraction of sp³-hybridized carbons (Fsp3) is 0.406. The van der Waals surface area contributed by atoms with E-state index in [1.165, 1.54) is 12.1 Å². The fourth-order valence-electron chi connectivity index (χ4n) is 6.36. The summed E-state index contributed by atoms with van der Waals surface area (Å²) in [5, 5.41) is 4.13. The first-order valence-electron chi connectivity index (χ1n) is 14.4. The number of amides is 1. The lowest BCUT2D eigenvalue weighted by Gasteiger charge is -2.32. The second-order valence-electron chi connectivity index (χ2n) is 11.3. The van der Waals surface area contributed by atoms with Gasteiger partial charge >= 0.3 is 6.18 Å². The number of hydrogen-bond donors (Lipinski definition) is 1. The summed E-state index contributed by atoms with van der Waals surface area (Å²) < 4.78 is 40.9. The van der Waals surface area contributed by atoms with Gasteiger partial charge in [0.15, 0.2) is 0 Å². The molecule has 2 aliphatic rings. The Morgan fingerprint density at radius 1 is 1.02 bits per heavy atom. The third-order valence-corrected chi connectivity index (χ3v) is 8.73. The summed E-state index contributed by atoms with van der Waals surface area (Å²) in [5.41, 5.74) is 3.74. The van der Waals surface area contributed by atoms with Crippen LogP contribution in [0.25, 0.3) is 22.3 Å². The minimum Gasteiger partial charge on any atom is -0.349 e. The van der Waals surface area contributed by atoms with Gasteiger partial charge in [-0.15, -0.1) is 0 Å². The largest absolute Gasteiger partial charge is 0.416 e. The zero-order valence-corrected chi connectivity index (χ0v) is 23.1. The van der Waals surface area contributed by atoms with E-state index in [0.29, 0.717) is 22.9 Å². The van der Waals surface area contributed by atoms with Gasteiger partial charge in [-0.25, -0.2) is 4.98 Å². The normalized spacial score (nSPS) is 19.7. The highest BCUT2D eigenvalue weighted by atomic mass is 19.4. The molecule has 1 N–H and O–H groups in total. The SMILES string of the molecule is Cn1c(-c2ccc(C(F)(F)F)cc2)nc2c1CCN(CC[C@H]1CC[C@H](NC(=O)c3cccc4ncccc34)CC1)C2. The second kappa shape index (κ2) is 11.3. The maximum absolute atomic E-state index is 13.0. The van der Waals surface area contributed by atoms with Crippen molar-refractivity contribution in [3.05, 3.63) is 83.3 Å². The minimum atomic E-state index is -4.34. The summed E-state index contributed by atoms with van der Waals surface area (Å²) in [6.45, 7) is 2.70. The smallest absolute Gasteiger partial charge is 0.349 e. The molecule has 2 aromatic heterocycles. The molecular formula is C32H34F3N5O. The highest BCUT2D eigenvalue weighted by Crippen LogP contribution is 2.33. The number of halogens is 3. The number of alkyl halides is 3. The zero-order valence-electron chi connectivity index (χ0n) is 23.1. The molecule has 6 rings (SSSR count). The number of fused-ring (bicyclic) bond motifs is 2. The van der Waals surface area contributed by atoms with Gasteiger partial charge in [-0.3, -0.25) is 14.7 Å². The van der Waals surface area contributed by atoms with Crippen LogP contribution >= 0.6 is 0 Å². The average Bonchev–Trinajstić information content (AvgIpc) is 3.31. The van der Waals surface area contributed by atoms with Gasteiger partial charge in [-0.05, 0) is 74.9 Å². The monoisotopic (exact) mass is 561 g/mol. The van der Waals surface area contributed by atoms with Crippen molar-refractivity contribution in [2.24, 2.45) is 13.0 Å². The van der Waals surface area contributed by atoms with Crippen molar-refractivity contribution in [2.75, 3.05) is 13.1 Å². The number of benzene rings is 2. The Hall–Kier alpha value is -3.72. The van der Waals surface area contributed by atoms with Gasteiger partial charge in [-0.2, -0.15) is 13.2 Å². The highest BCUT2D eigenvalue weighted by molar-refractivity contribution is 6.06. The van der Waals surface area contributed by atoms with Crippen LogP contribution in [0, 0.1) is 5.92 Å². The molecule has 9 heteroatoms. The topological polar surface area (TPSA) is 63.1 Å². The van der Waals surface area contributed by atoms with Gasteiger partial charge in [0.05, 0.1) is 16.8 Å². The van der Waals surface area contributed by atoms with E-state index in [-0.39, 0.29) is 11.9 Å². The Morgan fingerprint density at radius 3 is 2.56 bits per heavy atom. The quantitative estimate of drug-likeness (QED) is 0.296. The molecule has 4 aromatic rings.